The fourth-order valence-electron chi connectivity index (χ4n) is 2.47. The predicted molar refractivity (Wildman–Crippen MR) is 81.2 cm³/mol. The molecule has 1 aliphatic rings. The van der Waals surface area contributed by atoms with Crippen LogP contribution in [0.4, 0.5) is 0 Å². The molecule has 0 saturated carbocycles. The number of carbonyl (C=O) groups is 1. The first-order valence-corrected chi connectivity index (χ1v) is 7.52. The summed E-state index contributed by atoms with van der Waals surface area (Å²) in [6.07, 6.45) is 0.190. The molecule has 1 N–H and O–H groups in total. The minimum Gasteiger partial charge on any atom is -0.481 e. The van der Waals surface area contributed by atoms with Gasteiger partial charge in [0.05, 0.1) is 19.6 Å². The zero-order valence-corrected chi connectivity index (χ0v) is 12.4. The van der Waals surface area contributed by atoms with Gasteiger partial charge in [-0.2, -0.15) is 0 Å². The van der Waals surface area contributed by atoms with Crippen LogP contribution in [0.25, 0.3) is 0 Å². The van der Waals surface area contributed by atoms with Crippen molar-refractivity contribution >= 4 is 5.97 Å². The van der Waals surface area contributed by atoms with Gasteiger partial charge in [-0.3, -0.25) is 14.6 Å². The summed E-state index contributed by atoms with van der Waals surface area (Å²) in [5, 5.41) is 8.89. The predicted octanol–water partition coefficient (Wildman–Crippen LogP) is 1.30. The molecule has 0 aliphatic carbocycles. The first-order valence-electron chi connectivity index (χ1n) is 7.52. The van der Waals surface area contributed by atoms with E-state index in [0.29, 0.717) is 6.54 Å². The van der Waals surface area contributed by atoms with Crippen LogP contribution in [0.3, 0.4) is 0 Å². The molecule has 2 rings (SSSR count). The summed E-state index contributed by atoms with van der Waals surface area (Å²) in [7, 11) is 0. The monoisotopic (exact) mass is 292 g/mol. The van der Waals surface area contributed by atoms with E-state index in [1.807, 2.05) is 18.2 Å². The van der Waals surface area contributed by atoms with Crippen LogP contribution in [0, 0.1) is 0 Å². The molecule has 1 heterocycles. The van der Waals surface area contributed by atoms with Crippen molar-refractivity contribution in [3.05, 3.63) is 35.9 Å². The molecule has 0 radical (unpaired) electrons. The maximum Gasteiger partial charge on any atom is 0.304 e. The third-order valence-electron chi connectivity index (χ3n) is 3.73. The Labute approximate surface area is 126 Å². The van der Waals surface area contributed by atoms with Gasteiger partial charge in [0.15, 0.2) is 0 Å². The number of aliphatic carboxylic acids is 1. The van der Waals surface area contributed by atoms with Gasteiger partial charge in [-0.1, -0.05) is 30.3 Å². The van der Waals surface area contributed by atoms with E-state index in [2.05, 4.69) is 21.9 Å². The topological polar surface area (TPSA) is 53.0 Å². The SMILES string of the molecule is O=C(O)CCN(CCN1CCOCC1)Cc1ccccc1. The van der Waals surface area contributed by atoms with Gasteiger partial charge in [-0.05, 0) is 5.56 Å². The number of benzene rings is 1. The molecular weight excluding hydrogens is 268 g/mol. The quantitative estimate of drug-likeness (QED) is 0.782. The molecule has 1 fully saturated rings. The second-order valence-electron chi connectivity index (χ2n) is 5.36. The summed E-state index contributed by atoms with van der Waals surface area (Å²) in [5.74, 6) is -0.737. The zero-order valence-electron chi connectivity index (χ0n) is 12.4. The van der Waals surface area contributed by atoms with Crippen molar-refractivity contribution in [2.75, 3.05) is 45.9 Å². The molecule has 0 aromatic heterocycles. The maximum atomic E-state index is 10.8. The van der Waals surface area contributed by atoms with E-state index in [-0.39, 0.29) is 6.42 Å². The third-order valence-corrected chi connectivity index (χ3v) is 3.73. The molecule has 1 aromatic rings. The van der Waals surface area contributed by atoms with Gasteiger partial charge >= 0.3 is 5.97 Å². The Kier molecular flexibility index (Phi) is 6.66. The van der Waals surface area contributed by atoms with Crippen LogP contribution < -0.4 is 0 Å². The van der Waals surface area contributed by atoms with Gasteiger partial charge in [-0.25, -0.2) is 0 Å². The number of hydrogen-bond acceptors (Lipinski definition) is 4. The molecule has 116 valence electrons. The fourth-order valence-corrected chi connectivity index (χ4v) is 2.47. The number of morpholine rings is 1. The molecular formula is C16H24N2O3. The molecule has 0 amide bonds. The first kappa shape index (κ1) is 15.9. The van der Waals surface area contributed by atoms with Crippen LogP contribution in [0.2, 0.25) is 0 Å². The van der Waals surface area contributed by atoms with Gasteiger partial charge in [0.2, 0.25) is 0 Å². The average molecular weight is 292 g/mol. The van der Waals surface area contributed by atoms with Crippen molar-refractivity contribution in [2.45, 2.75) is 13.0 Å². The Hall–Kier alpha value is -1.43. The van der Waals surface area contributed by atoms with Crippen molar-refractivity contribution < 1.29 is 14.6 Å². The highest BCUT2D eigenvalue weighted by Crippen LogP contribution is 2.06. The van der Waals surface area contributed by atoms with E-state index in [4.69, 9.17) is 9.84 Å². The van der Waals surface area contributed by atoms with Crippen LogP contribution in [0.5, 0.6) is 0 Å². The number of rotatable bonds is 8. The van der Waals surface area contributed by atoms with E-state index in [0.717, 1.165) is 45.9 Å². The highest BCUT2D eigenvalue weighted by Gasteiger charge is 2.13. The van der Waals surface area contributed by atoms with Crippen molar-refractivity contribution in [3.8, 4) is 0 Å². The summed E-state index contributed by atoms with van der Waals surface area (Å²) < 4.78 is 5.35. The lowest BCUT2D eigenvalue weighted by Crippen LogP contribution is -2.41. The average Bonchev–Trinajstić information content (AvgIpc) is 2.52. The largest absolute Gasteiger partial charge is 0.481 e. The highest BCUT2D eigenvalue weighted by atomic mass is 16.5. The molecule has 0 unspecified atom stereocenters. The van der Waals surface area contributed by atoms with Gasteiger partial charge in [0.1, 0.15) is 0 Å². The second kappa shape index (κ2) is 8.77. The number of hydrogen-bond donors (Lipinski definition) is 1. The third kappa shape index (κ3) is 6.25. The Morgan fingerprint density at radius 2 is 1.90 bits per heavy atom. The minimum atomic E-state index is -0.737. The molecule has 1 aromatic carbocycles. The molecule has 0 bridgehead atoms. The molecule has 0 spiro atoms. The normalized spacial score (nSPS) is 16.2. The maximum absolute atomic E-state index is 10.8. The van der Waals surface area contributed by atoms with Crippen molar-refractivity contribution in [1.29, 1.82) is 0 Å². The zero-order chi connectivity index (χ0) is 14.9. The molecule has 0 atom stereocenters. The Bertz CT molecular complexity index is 419. The Morgan fingerprint density at radius 1 is 1.19 bits per heavy atom. The van der Waals surface area contributed by atoms with Gasteiger partial charge in [0.25, 0.3) is 0 Å². The number of nitrogens with zero attached hydrogens (tertiary/aromatic N) is 2. The van der Waals surface area contributed by atoms with Gasteiger partial charge < -0.3 is 9.84 Å². The molecule has 5 heteroatoms. The Morgan fingerprint density at radius 3 is 2.57 bits per heavy atom. The summed E-state index contributed by atoms with van der Waals surface area (Å²) in [6, 6.07) is 10.2. The molecule has 1 saturated heterocycles. The first-order chi connectivity index (χ1) is 10.2. The highest BCUT2D eigenvalue weighted by molar-refractivity contribution is 5.66. The number of carboxylic acid groups (broad SMARTS) is 1. The van der Waals surface area contributed by atoms with Crippen LogP contribution in [0.15, 0.2) is 30.3 Å². The minimum absolute atomic E-state index is 0.190. The second-order valence-corrected chi connectivity index (χ2v) is 5.36. The van der Waals surface area contributed by atoms with Gasteiger partial charge in [-0.15, -0.1) is 0 Å². The lowest BCUT2D eigenvalue weighted by molar-refractivity contribution is -0.137. The van der Waals surface area contributed by atoms with Crippen LogP contribution in [-0.4, -0.2) is 66.8 Å². The van der Waals surface area contributed by atoms with Crippen molar-refractivity contribution in [2.24, 2.45) is 0 Å². The smallest absolute Gasteiger partial charge is 0.304 e. The lowest BCUT2D eigenvalue weighted by Gasteiger charge is -2.30. The van der Waals surface area contributed by atoms with Crippen LogP contribution in [-0.2, 0) is 16.1 Å². The van der Waals surface area contributed by atoms with E-state index in [9.17, 15) is 4.79 Å². The molecule has 1 aliphatic heterocycles. The van der Waals surface area contributed by atoms with E-state index >= 15 is 0 Å². The van der Waals surface area contributed by atoms with Crippen molar-refractivity contribution in [1.82, 2.24) is 9.80 Å². The van der Waals surface area contributed by atoms with Crippen LogP contribution >= 0.6 is 0 Å². The van der Waals surface area contributed by atoms with Crippen LogP contribution in [0.1, 0.15) is 12.0 Å². The van der Waals surface area contributed by atoms with Crippen molar-refractivity contribution in [3.63, 3.8) is 0 Å². The van der Waals surface area contributed by atoms with E-state index in [1.165, 1.54) is 5.56 Å². The van der Waals surface area contributed by atoms with E-state index < -0.39 is 5.97 Å². The summed E-state index contributed by atoms with van der Waals surface area (Å²) in [5.41, 5.74) is 1.23. The standard InChI is InChI=1S/C16H24N2O3/c19-16(20)6-7-18(14-15-4-2-1-3-5-15)9-8-17-10-12-21-13-11-17/h1-5H,6-14H2,(H,19,20). The number of ether oxygens (including phenoxy) is 1. The number of carboxylic acids is 1. The summed E-state index contributed by atoms with van der Waals surface area (Å²) >= 11 is 0. The van der Waals surface area contributed by atoms with E-state index in [1.54, 1.807) is 0 Å². The summed E-state index contributed by atoms with van der Waals surface area (Å²) in [4.78, 5) is 15.4. The fraction of sp³-hybridized carbons (Fsp3) is 0.562. The van der Waals surface area contributed by atoms with Gasteiger partial charge in [0, 0.05) is 39.3 Å². The molecule has 5 nitrogen and oxygen atoms in total. The Balaban J connectivity index is 1.83. The molecule has 21 heavy (non-hydrogen) atoms. The summed E-state index contributed by atoms with van der Waals surface area (Å²) in [6.45, 7) is 6.79. The lowest BCUT2D eigenvalue weighted by atomic mass is 10.2.